The van der Waals surface area contributed by atoms with Crippen molar-refractivity contribution in [1.29, 1.82) is 0 Å². The number of morpholine rings is 1. The predicted molar refractivity (Wildman–Crippen MR) is 110 cm³/mol. The van der Waals surface area contributed by atoms with Crippen molar-refractivity contribution in [2.24, 2.45) is 0 Å². The van der Waals surface area contributed by atoms with Crippen molar-refractivity contribution in [1.82, 2.24) is 29.6 Å². The molecule has 4 heterocycles. The van der Waals surface area contributed by atoms with Gasteiger partial charge >= 0.3 is 0 Å². The number of halogens is 1. The van der Waals surface area contributed by atoms with E-state index in [4.69, 9.17) is 16.3 Å². The molecule has 0 unspecified atom stereocenters. The number of ether oxygens (including phenoxy) is 1. The van der Waals surface area contributed by atoms with E-state index in [0.717, 1.165) is 50.8 Å². The Morgan fingerprint density at radius 1 is 1.07 bits per heavy atom. The lowest BCUT2D eigenvalue weighted by atomic mass is 10.0. The van der Waals surface area contributed by atoms with Crippen LogP contribution < -0.4 is 10.2 Å². The lowest BCUT2D eigenvalue weighted by Gasteiger charge is -2.47. The molecule has 2 fully saturated rings. The molecule has 1 aromatic carbocycles. The molecule has 0 spiro atoms. The van der Waals surface area contributed by atoms with Gasteiger partial charge in [0.2, 0.25) is 5.95 Å². The number of nitrogens with one attached hydrogen (secondary N) is 1. The molecule has 150 valence electrons. The molecule has 10 heteroatoms. The highest BCUT2D eigenvalue weighted by Crippen LogP contribution is 2.31. The largest absolute Gasteiger partial charge is 0.379 e. The second-order valence-corrected chi connectivity index (χ2v) is 7.54. The van der Waals surface area contributed by atoms with Crippen molar-refractivity contribution < 1.29 is 4.74 Å². The summed E-state index contributed by atoms with van der Waals surface area (Å²) in [6, 6.07) is 6.52. The van der Waals surface area contributed by atoms with E-state index >= 15 is 0 Å². The maximum absolute atomic E-state index is 6.37. The van der Waals surface area contributed by atoms with Gasteiger partial charge in [0.1, 0.15) is 6.33 Å². The smallest absolute Gasteiger partial charge is 0.247 e. The third-order valence-corrected chi connectivity index (χ3v) is 5.42. The van der Waals surface area contributed by atoms with Crippen LogP contribution in [0, 0.1) is 0 Å². The highest BCUT2D eigenvalue weighted by Gasteiger charge is 2.32. The molecule has 1 N–H and O–H groups in total. The number of hydrogen-bond donors (Lipinski definition) is 1. The van der Waals surface area contributed by atoms with Gasteiger partial charge in [-0.3, -0.25) is 9.88 Å². The Kier molecular flexibility index (Phi) is 5.01. The minimum Gasteiger partial charge on any atom is -0.379 e. The van der Waals surface area contributed by atoms with Crippen molar-refractivity contribution in [3.05, 3.63) is 48.1 Å². The van der Waals surface area contributed by atoms with Crippen LogP contribution in [-0.2, 0) is 4.74 Å². The van der Waals surface area contributed by atoms with Gasteiger partial charge in [-0.15, -0.1) is 5.10 Å². The molecule has 0 aliphatic carbocycles. The lowest BCUT2D eigenvalue weighted by molar-refractivity contribution is 0.0105. The van der Waals surface area contributed by atoms with Gasteiger partial charge in [-0.2, -0.15) is 9.67 Å². The van der Waals surface area contributed by atoms with E-state index in [1.807, 2.05) is 12.1 Å². The fraction of sp³-hybridized carbons (Fsp3) is 0.368. The summed E-state index contributed by atoms with van der Waals surface area (Å²) < 4.78 is 7.02. The number of rotatable bonds is 5. The normalized spacial score (nSPS) is 17.9. The second-order valence-electron chi connectivity index (χ2n) is 7.11. The molecular weight excluding hydrogens is 392 g/mol. The maximum atomic E-state index is 6.37. The molecule has 0 radical (unpaired) electrons. The molecule has 0 atom stereocenters. The number of nitrogens with zero attached hydrogens (tertiary/aromatic N) is 7. The molecule has 2 aromatic heterocycles. The molecule has 2 saturated heterocycles. The van der Waals surface area contributed by atoms with Crippen LogP contribution >= 0.6 is 11.6 Å². The molecule has 0 saturated carbocycles. The van der Waals surface area contributed by atoms with Crippen molar-refractivity contribution in [3.8, 4) is 5.82 Å². The summed E-state index contributed by atoms with van der Waals surface area (Å²) in [5, 5.41) is 8.30. The monoisotopic (exact) mass is 412 g/mol. The first kappa shape index (κ1) is 18.3. The zero-order chi connectivity index (χ0) is 19.6. The molecule has 2 aliphatic rings. The Morgan fingerprint density at radius 2 is 1.93 bits per heavy atom. The van der Waals surface area contributed by atoms with Crippen molar-refractivity contribution >= 4 is 28.9 Å². The third-order valence-electron chi connectivity index (χ3n) is 5.20. The second kappa shape index (κ2) is 7.94. The number of anilines is 3. The maximum Gasteiger partial charge on any atom is 0.247 e. The molecular formula is C19H21ClN8O. The van der Waals surface area contributed by atoms with E-state index in [0.29, 0.717) is 22.8 Å². The zero-order valence-corrected chi connectivity index (χ0v) is 16.5. The highest BCUT2D eigenvalue weighted by molar-refractivity contribution is 6.31. The first-order valence-corrected chi connectivity index (χ1v) is 9.95. The first-order valence-electron chi connectivity index (χ1n) is 9.57. The van der Waals surface area contributed by atoms with Crippen molar-refractivity contribution in [2.45, 2.75) is 6.04 Å². The van der Waals surface area contributed by atoms with Crippen LogP contribution in [0.5, 0.6) is 0 Å². The molecule has 2 aliphatic heterocycles. The van der Waals surface area contributed by atoms with E-state index in [9.17, 15) is 0 Å². The van der Waals surface area contributed by atoms with Gasteiger partial charge in [0.05, 0.1) is 19.4 Å². The summed E-state index contributed by atoms with van der Waals surface area (Å²) in [5.74, 6) is 1.08. The molecule has 29 heavy (non-hydrogen) atoms. The van der Waals surface area contributed by atoms with Gasteiger partial charge in [0.15, 0.2) is 5.82 Å². The third kappa shape index (κ3) is 4.02. The van der Waals surface area contributed by atoms with E-state index in [1.54, 1.807) is 29.6 Å². The number of aromatic nitrogens is 5. The average molecular weight is 413 g/mol. The fourth-order valence-electron chi connectivity index (χ4n) is 3.64. The minimum absolute atomic E-state index is 0.471. The quantitative estimate of drug-likeness (QED) is 0.681. The average Bonchev–Trinajstić information content (AvgIpc) is 3.16. The van der Waals surface area contributed by atoms with Crippen LogP contribution in [0.2, 0.25) is 5.02 Å². The minimum atomic E-state index is 0.471. The van der Waals surface area contributed by atoms with Crippen LogP contribution in [0.15, 0.2) is 43.1 Å². The van der Waals surface area contributed by atoms with Gasteiger partial charge in [0.25, 0.3) is 0 Å². The lowest BCUT2D eigenvalue weighted by Crippen LogP contribution is -2.61. The van der Waals surface area contributed by atoms with E-state index in [2.05, 4.69) is 41.2 Å². The molecule has 3 aromatic rings. The van der Waals surface area contributed by atoms with Gasteiger partial charge in [0, 0.05) is 61.0 Å². The van der Waals surface area contributed by atoms with E-state index in [-0.39, 0.29) is 0 Å². The highest BCUT2D eigenvalue weighted by atomic mass is 35.5. The summed E-state index contributed by atoms with van der Waals surface area (Å²) in [6.45, 7) is 5.69. The fourth-order valence-corrected chi connectivity index (χ4v) is 3.87. The molecule has 0 bridgehead atoms. The number of hydrogen-bond acceptors (Lipinski definition) is 8. The van der Waals surface area contributed by atoms with Crippen LogP contribution in [0.25, 0.3) is 5.82 Å². The Hall–Kier alpha value is -2.75. The standard InChI is InChI=1S/C19H21ClN8O/c20-14-7-15(24-19-23-13-28(25-19)18-10-21-1-2-22-18)9-16(8-14)27-11-17(12-27)26-3-5-29-6-4-26/h1-2,7-10,13,17H,3-6,11-12H2,(H,24,25). The summed E-state index contributed by atoms with van der Waals surface area (Å²) in [7, 11) is 0. The summed E-state index contributed by atoms with van der Waals surface area (Å²) in [6.07, 6.45) is 6.46. The summed E-state index contributed by atoms with van der Waals surface area (Å²) in [5.41, 5.74) is 1.94. The molecule has 5 rings (SSSR count). The number of benzene rings is 1. The van der Waals surface area contributed by atoms with Gasteiger partial charge in [-0.1, -0.05) is 11.6 Å². The van der Waals surface area contributed by atoms with E-state index < -0.39 is 0 Å². The summed E-state index contributed by atoms with van der Waals surface area (Å²) >= 11 is 6.37. The topological polar surface area (TPSA) is 84.2 Å². The van der Waals surface area contributed by atoms with Gasteiger partial charge in [-0.25, -0.2) is 4.98 Å². The Balaban J connectivity index is 1.26. The van der Waals surface area contributed by atoms with Crippen molar-refractivity contribution in [3.63, 3.8) is 0 Å². The van der Waals surface area contributed by atoms with Gasteiger partial charge in [-0.05, 0) is 18.2 Å². The van der Waals surface area contributed by atoms with Crippen LogP contribution in [-0.4, -0.2) is 75.1 Å². The van der Waals surface area contributed by atoms with Gasteiger partial charge < -0.3 is 15.0 Å². The van der Waals surface area contributed by atoms with Crippen LogP contribution in [0.4, 0.5) is 17.3 Å². The Bertz CT molecular complexity index is 969. The SMILES string of the molecule is Clc1cc(Nc2ncn(-c3cnccn3)n2)cc(N2CC(N3CCOCC3)C2)c1. The van der Waals surface area contributed by atoms with Crippen LogP contribution in [0.1, 0.15) is 0 Å². The zero-order valence-electron chi connectivity index (χ0n) is 15.8. The first-order chi connectivity index (χ1) is 14.2. The molecule has 0 amide bonds. The molecule has 9 nitrogen and oxygen atoms in total. The van der Waals surface area contributed by atoms with Crippen molar-refractivity contribution in [2.75, 3.05) is 49.6 Å². The Labute approximate surface area is 173 Å². The van der Waals surface area contributed by atoms with E-state index in [1.165, 1.54) is 0 Å². The van der Waals surface area contributed by atoms with Crippen LogP contribution in [0.3, 0.4) is 0 Å². The summed E-state index contributed by atoms with van der Waals surface area (Å²) in [4.78, 5) is 17.4. The predicted octanol–water partition coefficient (Wildman–Crippen LogP) is 1.98. The Morgan fingerprint density at radius 3 is 2.72 bits per heavy atom.